The molecule has 0 aromatic rings. The zero-order chi connectivity index (χ0) is 13.0. The van der Waals surface area contributed by atoms with Crippen LogP contribution in [0.2, 0.25) is 0 Å². The Labute approximate surface area is 163 Å². The third-order valence-corrected chi connectivity index (χ3v) is 3.94. The van der Waals surface area contributed by atoms with Gasteiger partial charge in [0.25, 0.3) is 0 Å². The summed E-state index contributed by atoms with van der Waals surface area (Å²) < 4.78 is 1.42. The molecule has 0 atom stereocenters. The Hall–Kier alpha value is 1.38. The minimum Gasteiger partial charge on any atom is -1.00 e. The SMILES string of the molecule is CCCC[N+](CCCC)(CCCC)CCCC.I.N.[I-]. The molecular formula is C16H40I2N2. The Kier molecular flexibility index (Phi) is 30.0. The van der Waals surface area contributed by atoms with Gasteiger partial charge in [0, 0.05) is 0 Å². The number of rotatable bonds is 12. The second kappa shape index (κ2) is 20.4. The monoisotopic (exact) mass is 514 g/mol. The van der Waals surface area contributed by atoms with Gasteiger partial charge in [0.15, 0.2) is 0 Å². The topological polar surface area (TPSA) is 35.0 Å². The summed E-state index contributed by atoms with van der Waals surface area (Å²) in [6, 6.07) is 0. The molecular weight excluding hydrogens is 474 g/mol. The van der Waals surface area contributed by atoms with Crippen molar-refractivity contribution in [1.82, 2.24) is 6.15 Å². The van der Waals surface area contributed by atoms with Crippen LogP contribution in [-0.2, 0) is 0 Å². The number of unbranched alkanes of at least 4 members (excludes halogenated alkanes) is 4. The first-order valence-electron chi connectivity index (χ1n) is 8.09. The maximum Gasteiger partial charge on any atom is 0.0786 e. The molecule has 0 aliphatic carbocycles. The van der Waals surface area contributed by atoms with E-state index in [4.69, 9.17) is 0 Å². The molecule has 3 N–H and O–H groups in total. The van der Waals surface area contributed by atoms with Gasteiger partial charge in [0.2, 0.25) is 0 Å². The maximum atomic E-state index is 2.33. The summed E-state index contributed by atoms with van der Waals surface area (Å²) in [5.41, 5.74) is 0. The third-order valence-electron chi connectivity index (χ3n) is 3.94. The van der Waals surface area contributed by atoms with Gasteiger partial charge in [-0.2, -0.15) is 0 Å². The van der Waals surface area contributed by atoms with E-state index in [1.54, 1.807) is 0 Å². The molecule has 0 aromatic heterocycles. The Morgan fingerprint density at radius 1 is 0.550 bits per heavy atom. The minimum absolute atomic E-state index is 0. The van der Waals surface area contributed by atoms with E-state index >= 15 is 0 Å². The third kappa shape index (κ3) is 14.3. The summed E-state index contributed by atoms with van der Waals surface area (Å²) in [6.07, 6.45) is 11.1. The van der Waals surface area contributed by atoms with Crippen LogP contribution in [0.3, 0.4) is 0 Å². The van der Waals surface area contributed by atoms with Crippen LogP contribution in [0.4, 0.5) is 0 Å². The van der Waals surface area contributed by atoms with E-state index in [0.717, 1.165) is 0 Å². The van der Waals surface area contributed by atoms with Gasteiger partial charge in [-0.3, -0.25) is 0 Å². The second-order valence-electron chi connectivity index (χ2n) is 5.65. The van der Waals surface area contributed by atoms with E-state index in [9.17, 15) is 0 Å². The van der Waals surface area contributed by atoms with Gasteiger partial charge >= 0.3 is 0 Å². The molecule has 0 heterocycles. The van der Waals surface area contributed by atoms with Gasteiger partial charge in [-0.25, -0.2) is 0 Å². The Balaban J connectivity index is -0.000000427. The van der Waals surface area contributed by atoms with Gasteiger partial charge < -0.3 is 34.6 Å². The highest BCUT2D eigenvalue weighted by molar-refractivity contribution is 14.0. The highest BCUT2D eigenvalue weighted by atomic mass is 127. The fraction of sp³-hybridized carbons (Fsp3) is 1.00. The standard InChI is InChI=1S/C16H36N.2HI.H3N/c1-5-9-13-17(14-10-6-2,15-11-7-3)16-12-8-4;;;/h5-16H2,1-4H3;2*1H;1H3/q+1;;;/p-1. The molecule has 0 spiro atoms. The molecule has 0 aliphatic heterocycles. The first-order valence-corrected chi connectivity index (χ1v) is 8.09. The average molecular weight is 514 g/mol. The highest BCUT2D eigenvalue weighted by Gasteiger charge is 2.24. The van der Waals surface area contributed by atoms with Crippen LogP contribution in [0.25, 0.3) is 0 Å². The second-order valence-corrected chi connectivity index (χ2v) is 5.65. The van der Waals surface area contributed by atoms with Crippen molar-refractivity contribution in [2.45, 2.75) is 79.1 Å². The van der Waals surface area contributed by atoms with Gasteiger partial charge in [-0.1, -0.05) is 53.4 Å². The van der Waals surface area contributed by atoms with Crippen molar-refractivity contribution < 1.29 is 28.5 Å². The van der Waals surface area contributed by atoms with Gasteiger partial charge in [-0.15, -0.1) is 24.0 Å². The molecule has 0 amide bonds. The zero-order valence-electron chi connectivity index (χ0n) is 14.4. The van der Waals surface area contributed by atoms with Crippen LogP contribution in [0.5, 0.6) is 0 Å². The van der Waals surface area contributed by atoms with Crippen molar-refractivity contribution in [3.63, 3.8) is 0 Å². The fourth-order valence-corrected chi connectivity index (χ4v) is 2.64. The maximum absolute atomic E-state index is 2.33. The molecule has 0 saturated carbocycles. The number of quaternary nitrogens is 1. The first kappa shape index (κ1) is 29.4. The Bertz CT molecular complexity index is 129. The van der Waals surface area contributed by atoms with E-state index < -0.39 is 0 Å². The average Bonchev–Trinajstić information content (AvgIpc) is 2.37. The summed E-state index contributed by atoms with van der Waals surface area (Å²) in [5.74, 6) is 0. The molecule has 0 unspecified atom stereocenters. The molecule has 0 rings (SSSR count). The van der Waals surface area contributed by atoms with E-state index in [2.05, 4.69) is 27.7 Å². The van der Waals surface area contributed by atoms with Crippen molar-refractivity contribution >= 4 is 24.0 Å². The summed E-state index contributed by atoms with van der Waals surface area (Å²) >= 11 is 0. The minimum atomic E-state index is 0. The molecule has 0 aliphatic rings. The van der Waals surface area contributed by atoms with Crippen molar-refractivity contribution in [2.75, 3.05) is 26.2 Å². The van der Waals surface area contributed by atoms with E-state index in [0.29, 0.717) is 0 Å². The summed E-state index contributed by atoms with van der Waals surface area (Å²) in [5, 5.41) is 0. The van der Waals surface area contributed by atoms with E-state index in [1.165, 1.54) is 82.0 Å². The lowest BCUT2D eigenvalue weighted by Gasteiger charge is -2.39. The van der Waals surface area contributed by atoms with Gasteiger partial charge in [0.1, 0.15) is 0 Å². The lowest BCUT2D eigenvalue weighted by molar-refractivity contribution is -0.929. The van der Waals surface area contributed by atoms with Gasteiger partial charge in [0.05, 0.1) is 26.2 Å². The molecule has 0 aromatic carbocycles. The van der Waals surface area contributed by atoms with Crippen LogP contribution in [0.1, 0.15) is 79.1 Å². The quantitative estimate of drug-likeness (QED) is 0.316. The van der Waals surface area contributed by atoms with Crippen molar-refractivity contribution in [2.24, 2.45) is 0 Å². The molecule has 0 saturated heterocycles. The van der Waals surface area contributed by atoms with Crippen molar-refractivity contribution in [1.29, 1.82) is 0 Å². The molecule has 0 radical (unpaired) electrons. The molecule has 0 fully saturated rings. The number of hydrogen-bond acceptors (Lipinski definition) is 1. The van der Waals surface area contributed by atoms with Crippen LogP contribution in [0.15, 0.2) is 0 Å². The number of hydrogen-bond donors (Lipinski definition) is 1. The predicted octanol–water partition coefficient (Wildman–Crippen LogP) is 2.79. The lowest BCUT2D eigenvalue weighted by Crippen LogP contribution is -3.00. The highest BCUT2D eigenvalue weighted by Crippen LogP contribution is 2.16. The normalized spacial score (nSPS) is 10.2. The van der Waals surface area contributed by atoms with E-state index in [1.807, 2.05) is 0 Å². The lowest BCUT2D eigenvalue weighted by atomic mass is 10.1. The summed E-state index contributed by atoms with van der Waals surface area (Å²) in [4.78, 5) is 0. The zero-order valence-corrected chi connectivity index (χ0v) is 18.9. The smallest absolute Gasteiger partial charge is 0.0786 e. The number of halogens is 2. The van der Waals surface area contributed by atoms with E-state index in [-0.39, 0.29) is 54.1 Å². The summed E-state index contributed by atoms with van der Waals surface area (Å²) in [6.45, 7) is 15.0. The van der Waals surface area contributed by atoms with Crippen LogP contribution >= 0.6 is 24.0 Å². The van der Waals surface area contributed by atoms with Crippen molar-refractivity contribution in [3.05, 3.63) is 0 Å². The molecule has 0 bridgehead atoms. The Morgan fingerprint density at radius 3 is 0.900 bits per heavy atom. The Morgan fingerprint density at radius 2 is 0.750 bits per heavy atom. The van der Waals surface area contributed by atoms with Crippen LogP contribution < -0.4 is 30.1 Å². The number of nitrogens with zero attached hydrogens (tertiary/aromatic N) is 1. The van der Waals surface area contributed by atoms with Crippen molar-refractivity contribution in [3.8, 4) is 0 Å². The molecule has 2 nitrogen and oxygen atoms in total. The van der Waals surface area contributed by atoms with Crippen LogP contribution in [0, 0.1) is 0 Å². The molecule has 128 valence electrons. The predicted molar refractivity (Wildman–Crippen MR) is 99.8 cm³/mol. The van der Waals surface area contributed by atoms with Crippen LogP contribution in [-0.4, -0.2) is 30.7 Å². The molecule has 20 heavy (non-hydrogen) atoms. The fourth-order valence-electron chi connectivity index (χ4n) is 2.64. The first-order chi connectivity index (χ1) is 8.24. The largest absolute Gasteiger partial charge is 1.00 e. The summed E-state index contributed by atoms with van der Waals surface area (Å²) in [7, 11) is 0. The van der Waals surface area contributed by atoms with Gasteiger partial charge in [-0.05, 0) is 25.7 Å². The molecule has 4 heteroatoms.